The smallest absolute Gasteiger partial charge is 0.0685 e. The van der Waals surface area contributed by atoms with Gasteiger partial charge in [-0.2, -0.15) is 0 Å². The minimum Gasteiger partial charge on any atom is -0.375 e. The zero-order valence-electron chi connectivity index (χ0n) is 13.1. The van der Waals surface area contributed by atoms with Crippen LogP contribution < -0.4 is 5.32 Å². The lowest BCUT2D eigenvalue weighted by atomic mass is 9.70. The first-order chi connectivity index (χ1) is 8.94. The van der Waals surface area contributed by atoms with Gasteiger partial charge in [0.25, 0.3) is 0 Å². The van der Waals surface area contributed by atoms with Gasteiger partial charge in [0, 0.05) is 12.6 Å². The van der Waals surface area contributed by atoms with Crippen LogP contribution in [0.15, 0.2) is 0 Å². The monoisotopic (exact) mass is 269 g/mol. The summed E-state index contributed by atoms with van der Waals surface area (Å²) in [6, 6.07) is 0.477. The molecule has 3 heteroatoms. The molecule has 3 nitrogen and oxygen atoms in total. The summed E-state index contributed by atoms with van der Waals surface area (Å²) in [7, 11) is 0. The van der Waals surface area contributed by atoms with Gasteiger partial charge in [0.1, 0.15) is 0 Å². The fourth-order valence-corrected chi connectivity index (χ4v) is 3.29. The van der Waals surface area contributed by atoms with Gasteiger partial charge in [0.05, 0.1) is 17.8 Å². The highest BCUT2D eigenvalue weighted by Gasteiger charge is 2.44. The van der Waals surface area contributed by atoms with Crippen molar-refractivity contribution in [2.45, 2.75) is 77.0 Å². The fourth-order valence-electron chi connectivity index (χ4n) is 3.29. The molecule has 112 valence electrons. The lowest BCUT2D eigenvalue weighted by molar-refractivity contribution is -0.151. The highest BCUT2D eigenvalue weighted by Crippen LogP contribution is 2.45. The maximum atomic E-state index is 6.04. The van der Waals surface area contributed by atoms with Crippen LogP contribution in [-0.4, -0.2) is 37.0 Å². The molecule has 2 atom stereocenters. The topological polar surface area (TPSA) is 30.5 Å². The summed E-state index contributed by atoms with van der Waals surface area (Å²) in [6.45, 7) is 11.3. The SMILES string of the molecule is CCNC(COC(C)(C)C)C1CCOC2(CCC2)C1. The number of hydrogen-bond acceptors (Lipinski definition) is 3. The summed E-state index contributed by atoms with van der Waals surface area (Å²) in [5.74, 6) is 0.705. The van der Waals surface area contributed by atoms with Crippen molar-refractivity contribution in [3.05, 3.63) is 0 Å². The van der Waals surface area contributed by atoms with E-state index in [0.29, 0.717) is 12.0 Å². The predicted octanol–water partition coefficient (Wildman–Crippen LogP) is 3.13. The second-order valence-corrected chi connectivity index (χ2v) is 7.23. The molecule has 2 unspecified atom stereocenters. The highest BCUT2D eigenvalue weighted by atomic mass is 16.5. The van der Waals surface area contributed by atoms with Gasteiger partial charge >= 0.3 is 0 Å². The van der Waals surface area contributed by atoms with Gasteiger partial charge in [-0.1, -0.05) is 6.92 Å². The molecular formula is C16H31NO2. The van der Waals surface area contributed by atoms with Gasteiger partial charge in [-0.25, -0.2) is 0 Å². The van der Waals surface area contributed by atoms with Crippen molar-refractivity contribution < 1.29 is 9.47 Å². The molecule has 1 heterocycles. The molecule has 0 amide bonds. The molecule has 1 aliphatic heterocycles. The molecule has 1 spiro atoms. The molecule has 1 N–H and O–H groups in total. The van der Waals surface area contributed by atoms with Gasteiger partial charge < -0.3 is 14.8 Å². The van der Waals surface area contributed by atoms with Crippen molar-refractivity contribution in [2.24, 2.45) is 5.92 Å². The van der Waals surface area contributed by atoms with Crippen LogP contribution in [0.5, 0.6) is 0 Å². The molecule has 2 rings (SSSR count). The zero-order valence-corrected chi connectivity index (χ0v) is 13.1. The van der Waals surface area contributed by atoms with Crippen LogP contribution in [0.3, 0.4) is 0 Å². The van der Waals surface area contributed by atoms with Crippen LogP contribution in [0.4, 0.5) is 0 Å². The second-order valence-electron chi connectivity index (χ2n) is 7.23. The highest BCUT2D eigenvalue weighted by molar-refractivity contribution is 4.96. The molecule has 0 aromatic rings. The molecule has 2 aliphatic rings. The average Bonchev–Trinajstić information content (AvgIpc) is 2.31. The minimum atomic E-state index is -0.0486. The zero-order chi connectivity index (χ0) is 13.9. The van der Waals surface area contributed by atoms with Crippen molar-refractivity contribution in [3.8, 4) is 0 Å². The molecule has 1 aliphatic carbocycles. The van der Waals surface area contributed by atoms with Gasteiger partial charge in [0.2, 0.25) is 0 Å². The van der Waals surface area contributed by atoms with Gasteiger partial charge in [0.15, 0.2) is 0 Å². The maximum Gasteiger partial charge on any atom is 0.0685 e. The Balaban J connectivity index is 1.90. The average molecular weight is 269 g/mol. The van der Waals surface area contributed by atoms with E-state index >= 15 is 0 Å². The first-order valence-electron chi connectivity index (χ1n) is 7.95. The molecule has 2 fully saturated rings. The number of likely N-dealkylation sites (N-methyl/N-ethyl adjacent to an activating group) is 1. The minimum absolute atomic E-state index is 0.0486. The Bertz CT molecular complexity index is 281. The molecular weight excluding hydrogens is 238 g/mol. The third kappa shape index (κ3) is 4.17. The van der Waals surface area contributed by atoms with Crippen molar-refractivity contribution in [1.29, 1.82) is 0 Å². The molecule has 19 heavy (non-hydrogen) atoms. The normalized spacial score (nSPS) is 28.1. The van der Waals surface area contributed by atoms with Crippen LogP contribution in [0.1, 0.15) is 59.8 Å². The Labute approximate surface area is 118 Å². The summed E-state index contributed by atoms with van der Waals surface area (Å²) >= 11 is 0. The van der Waals surface area contributed by atoms with Crippen LogP contribution >= 0.6 is 0 Å². The van der Waals surface area contributed by atoms with Crippen LogP contribution in [0, 0.1) is 5.92 Å². The van der Waals surface area contributed by atoms with E-state index in [1.165, 1.54) is 32.1 Å². The van der Waals surface area contributed by atoms with Gasteiger partial charge in [-0.3, -0.25) is 0 Å². The molecule has 1 saturated carbocycles. The van der Waals surface area contributed by atoms with E-state index in [1.54, 1.807) is 0 Å². The van der Waals surface area contributed by atoms with Gasteiger partial charge in [-0.15, -0.1) is 0 Å². The standard InChI is InChI=1S/C16H31NO2/c1-5-17-14(12-19-15(2,3)4)13-7-10-18-16(11-13)8-6-9-16/h13-14,17H,5-12H2,1-4H3. The third-order valence-electron chi connectivity index (χ3n) is 4.53. The molecule has 0 bridgehead atoms. The lowest BCUT2D eigenvalue weighted by Gasteiger charge is -2.49. The Morgan fingerprint density at radius 1 is 1.37 bits per heavy atom. The first-order valence-corrected chi connectivity index (χ1v) is 7.95. The quantitative estimate of drug-likeness (QED) is 0.832. The van der Waals surface area contributed by atoms with Crippen molar-refractivity contribution in [2.75, 3.05) is 19.8 Å². The van der Waals surface area contributed by atoms with Crippen LogP contribution in [0.2, 0.25) is 0 Å². The molecule has 1 saturated heterocycles. The van der Waals surface area contributed by atoms with Crippen LogP contribution in [-0.2, 0) is 9.47 Å². The Morgan fingerprint density at radius 3 is 2.63 bits per heavy atom. The van der Waals surface area contributed by atoms with E-state index in [4.69, 9.17) is 9.47 Å². The molecule has 0 aromatic heterocycles. The summed E-state index contributed by atoms with van der Waals surface area (Å²) in [4.78, 5) is 0. The van der Waals surface area contributed by atoms with Gasteiger partial charge in [-0.05, 0) is 65.3 Å². The summed E-state index contributed by atoms with van der Waals surface area (Å²) in [5.41, 5.74) is 0.186. The number of rotatable bonds is 5. The van der Waals surface area contributed by atoms with Crippen molar-refractivity contribution in [3.63, 3.8) is 0 Å². The van der Waals surface area contributed by atoms with E-state index in [1.807, 2.05) is 0 Å². The van der Waals surface area contributed by atoms with E-state index < -0.39 is 0 Å². The maximum absolute atomic E-state index is 6.04. The molecule has 0 radical (unpaired) electrons. The first kappa shape index (κ1) is 15.3. The third-order valence-corrected chi connectivity index (χ3v) is 4.53. The number of nitrogens with one attached hydrogen (secondary N) is 1. The summed E-state index contributed by atoms with van der Waals surface area (Å²) < 4.78 is 12.1. The lowest BCUT2D eigenvalue weighted by Crippen LogP contribution is -2.51. The van der Waals surface area contributed by atoms with E-state index in [0.717, 1.165) is 19.8 Å². The Hall–Kier alpha value is -0.120. The van der Waals surface area contributed by atoms with E-state index in [9.17, 15) is 0 Å². The largest absolute Gasteiger partial charge is 0.375 e. The number of hydrogen-bond donors (Lipinski definition) is 1. The van der Waals surface area contributed by atoms with Crippen molar-refractivity contribution >= 4 is 0 Å². The summed E-state index contributed by atoms with van der Waals surface area (Å²) in [6.07, 6.45) is 6.27. The molecule has 0 aromatic carbocycles. The predicted molar refractivity (Wildman–Crippen MR) is 78.4 cm³/mol. The Kier molecular flexibility index (Phi) is 4.91. The van der Waals surface area contributed by atoms with Crippen molar-refractivity contribution in [1.82, 2.24) is 5.32 Å². The van der Waals surface area contributed by atoms with Crippen LogP contribution in [0.25, 0.3) is 0 Å². The second kappa shape index (κ2) is 6.11. The van der Waals surface area contributed by atoms with E-state index in [-0.39, 0.29) is 11.2 Å². The fraction of sp³-hybridized carbons (Fsp3) is 1.00. The summed E-state index contributed by atoms with van der Waals surface area (Å²) in [5, 5.41) is 3.63. The van der Waals surface area contributed by atoms with E-state index in [2.05, 4.69) is 33.0 Å². The number of ether oxygens (including phenoxy) is 2. The Morgan fingerprint density at radius 2 is 2.11 bits per heavy atom.